The van der Waals surface area contributed by atoms with Gasteiger partial charge in [0.2, 0.25) is 12.2 Å². The second kappa shape index (κ2) is 6.37. The maximum absolute atomic E-state index is 10.4. The molecule has 1 aliphatic carbocycles. The van der Waals surface area contributed by atoms with Crippen LogP contribution in [0.1, 0.15) is 45.4 Å². The molecule has 0 saturated heterocycles. The van der Waals surface area contributed by atoms with Crippen molar-refractivity contribution in [1.29, 1.82) is 0 Å². The summed E-state index contributed by atoms with van der Waals surface area (Å²) in [6.45, 7) is 2.64. The van der Waals surface area contributed by atoms with E-state index in [1.807, 2.05) is 0 Å². The van der Waals surface area contributed by atoms with Crippen molar-refractivity contribution in [3.63, 3.8) is 0 Å². The summed E-state index contributed by atoms with van der Waals surface area (Å²) in [6, 6.07) is 0. The second-order valence-electron chi connectivity index (χ2n) is 4.49. The van der Waals surface area contributed by atoms with Gasteiger partial charge in [0.15, 0.2) is 0 Å². The molecule has 1 rings (SSSR count). The van der Waals surface area contributed by atoms with Crippen molar-refractivity contribution < 1.29 is 9.59 Å². The molecule has 0 aromatic carbocycles. The molecule has 16 heavy (non-hydrogen) atoms. The molecule has 0 aliphatic heterocycles. The van der Waals surface area contributed by atoms with E-state index in [4.69, 9.17) is 0 Å². The number of hydrogen-bond donors (Lipinski definition) is 0. The average molecular weight is 222 g/mol. The first-order valence-electron chi connectivity index (χ1n) is 5.89. The summed E-state index contributed by atoms with van der Waals surface area (Å²) in [6.07, 6.45) is 9.14. The zero-order valence-electron chi connectivity index (χ0n) is 9.74. The lowest BCUT2D eigenvalue weighted by molar-refractivity contribution is 0.223. The Morgan fingerprint density at radius 1 is 1.25 bits per heavy atom. The third kappa shape index (κ3) is 3.41. The van der Waals surface area contributed by atoms with Gasteiger partial charge in [0.25, 0.3) is 0 Å². The topological polar surface area (TPSA) is 58.9 Å². The van der Waals surface area contributed by atoms with Crippen molar-refractivity contribution >= 4 is 12.2 Å². The first kappa shape index (κ1) is 12.8. The van der Waals surface area contributed by atoms with E-state index in [9.17, 15) is 9.59 Å². The van der Waals surface area contributed by atoms with Crippen molar-refractivity contribution in [2.24, 2.45) is 15.9 Å². The van der Waals surface area contributed by atoms with E-state index >= 15 is 0 Å². The quantitative estimate of drug-likeness (QED) is 0.529. The van der Waals surface area contributed by atoms with Gasteiger partial charge in [-0.25, -0.2) is 14.6 Å². The van der Waals surface area contributed by atoms with E-state index < -0.39 is 0 Å². The van der Waals surface area contributed by atoms with E-state index in [0.717, 1.165) is 38.5 Å². The standard InChI is InChI=1S/C12H18N2O2/c1-2-12(14-10-16)6-3-11(4-7-12)5-8-13-9-15/h11H,2-8H2,1H3. The van der Waals surface area contributed by atoms with Crippen molar-refractivity contribution in [3.05, 3.63) is 0 Å². The van der Waals surface area contributed by atoms with Crippen molar-refractivity contribution in [2.75, 3.05) is 6.54 Å². The smallest absolute Gasteiger partial charge is 0.211 e. The van der Waals surface area contributed by atoms with Crippen LogP contribution in [0.3, 0.4) is 0 Å². The third-order valence-electron chi connectivity index (χ3n) is 3.69. The van der Waals surface area contributed by atoms with Crippen LogP contribution in [0.25, 0.3) is 0 Å². The summed E-state index contributed by atoms with van der Waals surface area (Å²) in [5, 5.41) is 0. The van der Waals surface area contributed by atoms with E-state index in [-0.39, 0.29) is 5.54 Å². The summed E-state index contributed by atoms with van der Waals surface area (Å²) in [5.41, 5.74) is -0.161. The van der Waals surface area contributed by atoms with Gasteiger partial charge in [-0.3, -0.25) is 0 Å². The molecule has 0 spiro atoms. The van der Waals surface area contributed by atoms with Gasteiger partial charge in [-0.2, -0.15) is 4.99 Å². The highest BCUT2D eigenvalue weighted by atomic mass is 16.1. The molecule has 88 valence electrons. The van der Waals surface area contributed by atoms with E-state index in [2.05, 4.69) is 16.9 Å². The fourth-order valence-electron chi connectivity index (χ4n) is 2.44. The molecule has 1 saturated carbocycles. The molecule has 0 atom stereocenters. The van der Waals surface area contributed by atoms with Gasteiger partial charge >= 0.3 is 0 Å². The van der Waals surface area contributed by atoms with Crippen LogP contribution in [0.5, 0.6) is 0 Å². The summed E-state index contributed by atoms with van der Waals surface area (Å²) in [5.74, 6) is 0.610. The SMILES string of the molecule is CCC1(N=C=O)CCC(CCN=C=O)CC1. The molecule has 0 unspecified atom stereocenters. The Morgan fingerprint density at radius 3 is 2.44 bits per heavy atom. The normalized spacial score (nSPS) is 28.9. The summed E-state index contributed by atoms with van der Waals surface area (Å²) in [7, 11) is 0. The molecular weight excluding hydrogens is 204 g/mol. The predicted molar refractivity (Wildman–Crippen MR) is 60.7 cm³/mol. The summed E-state index contributed by atoms with van der Waals surface area (Å²) >= 11 is 0. The molecule has 1 fully saturated rings. The van der Waals surface area contributed by atoms with Crippen LogP contribution in [-0.4, -0.2) is 24.2 Å². The highest BCUT2D eigenvalue weighted by Crippen LogP contribution is 2.38. The minimum Gasteiger partial charge on any atom is -0.211 e. The number of rotatable bonds is 5. The Kier molecular flexibility index (Phi) is 5.10. The zero-order valence-corrected chi connectivity index (χ0v) is 9.74. The number of isocyanates is 2. The number of hydrogen-bond acceptors (Lipinski definition) is 4. The fourth-order valence-corrected chi connectivity index (χ4v) is 2.44. The molecule has 4 nitrogen and oxygen atoms in total. The van der Waals surface area contributed by atoms with Crippen LogP contribution in [0.2, 0.25) is 0 Å². The summed E-state index contributed by atoms with van der Waals surface area (Å²) in [4.78, 5) is 27.9. The maximum atomic E-state index is 10.4. The van der Waals surface area contributed by atoms with Crippen LogP contribution >= 0.6 is 0 Å². The minimum atomic E-state index is -0.161. The average Bonchev–Trinajstić information content (AvgIpc) is 2.32. The van der Waals surface area contributed by atoms with Gasteiger partial charge in [-0.05, 0) is 44.4 Å². The molecule has 0 amide bonds. The Labute approximate surface area is 95.9 Å². The van der Waals surface area contributed by atoms with Crippen molar-refractivity contribution in [2.45, 2.75) is 51.0 Å². The van der Waals surface area contributed by atoms with Gasteiger partial charge in [-0.15, -0.1) is 0 Å². The third-order valence-corrected chi connectivity index (χ3v) is 3.69. The van der Waals surface area contributed by atoms with Crippen molar-refractivity contribution in [3.8, 4) is 0 Å². The van der Waals surface area contributed by atoms with Crippen LogP contribution in [0.15, 0.2) is 9.98 Å². The first-order chi connectivity index (χ1) is 7.76. The van der Waals surface area contributed by atoms with Crippen LogP contribution in [0, 0.1) is 5.92 Å². The monoisotopic (exact) mass is 222 g/mol. The fraction of sp³-hybridized carbons (Fsp3) is 0.833. The van der Waals surface area contributed by atoms with Gasteiger partial charge in [-0.1, -0.05) is 6.92 Å². The Balaban J connectivity index is 2.42. The molecule has 0 N–H and O–H groups in total. The zero-order chi connectivity index (χ0) is 11.9. The molecule has 0 aromatic heterocycles. The lowest BCUT2D eigenvalue weighted by atomic mass is 9.74. The first-order valence-corrected chi connectivity index (χ1v) is 5.89. The van der Waals surface area contributed by atoms with Crippen LogP contribution in [-0.2, 0) is 9.59 Å². The maximum Gasteiger partial charge on any atom is 0.235 e. The molecule has 0 bridgehead atoms. The number of nitrogens with zero attached hydrogens (tertiary/aromatic N) is 2. The number of carbonyl (C=O) groups excluding carboxylic acids is 2. The predicted octanol–water partition coefficient (Wildman–Crippen LogP) is 2.39. The lowest BCUT2D eigenvalue weighted by Crippen LogP contribution is -2.31. The number of aliphatic imine (C=N–C) groups is 2. The lowest BCUT2D eigenvalue weighted by Gasteiger charge is -2.35. The minimum absolute atomic E-state index is 0.161. The molecule has 4 heteroatoms. The van der Waals surface area contributed by atoms with Gasteiger partial charge < -0.3 is 0 Å². The Bertz CT molecular complexity index is 307. The molecule has 0 radical (unpaired) electrons. The Hall–Kier alpha value is -1.24. The molecule has 0 heterocycles. The second-order valence-corrected chi connectivity index (χ2v) is 4.49. The molecular formula is C12H18N2O2. The Morgan fingerprint density at radius 2 is 1.94 bits per heavy atom. The van der Waals surface area contributed by atoms with E-state index in [1.165, 1.54) is 0 Å². The van der Waals surface area contributed by atoms with Gasteiger partial charge in [0.05, 0.1) is 12.1 Å². The molecule has 1 aliphatic rings. The highest BCUT2D eigenvalue weighted by molar-refractivity contribution is 5.35. The summed E-state index contributed by atoms with van der Waals surface area (Å²) < 4.78 is 0. The van der Waals surface area contributed by atoms with E-state index in [1.54, 1.807) is 12.2 Å². The molecule has 0 aromatic rings. The van der Waals surface area contributed by atoms with Gasteiger partial charge in [0, 0.05) is 0 Å². The van der Waals surface area contributed by atoms with Crippen LogP contribution < -0.4 is 0 Å². The van der Waals surface area contributed by atoms with Crippen LogP contribution in [0.4, 0.5) is 0 Å². The van der Waals surface area contributed by atoms with Crippen molar-refractivity contribution in [1.82, 2.24) is 0 Å². The highest BCUT2D eigenvalue weighted by Gasteiger charge is 2.33. The largest absolute Gasteiger partial charge is 0.235 e. The van der Waals surface area contributed by atoms with E-state index in [0.29, 0.717) is 12.5 Å². The van der Waals surface area contributed by atoms with Gasteiger partial charge in [0.1, 0.15) is 0 Å².